The van der Waals surface area contributed by atoms with Crippen LogP contribution in [0.2, 0.25) is 0 Å². The smallest absolute Gasteiger partial charge is 0.433 e. The van der Waals surface area contributed by atoms with Gasteiger partial charge in [-0.25, -0.2) is 14.3 Å². The molecule has 0 saturated heterocycles. The van der Waals surface area contributed by atoms with Crippen molar-refractivity contribution in [3.05, 3.63) is 59.7 Å². The van der Waals surface area contributed by atoms with Crippen LogP contribution >= 0.6 is 0 Å². The van der Waals surface area contributed by atoms with Crippen LogP contribution in [0.5, 0.6) is 5.75 Å². The molecule has 0 fully saturated rings. The second kappa shape index (κ2) is 8.50. The average Bonchev–Trinajstić information content (AvgIpc) is 3.40. The monoisotopic (exact) mass is 474 g/mol. The number of alkyl halides is 3. The number of rotatable bonds is 5. The number of ether oxygens (including phenoxy) is 2. The molecule has 0 unspecified atom stereocenters. The van der Waals surface area contributed by atoms with Crippen LogP contribution in [-0.4, -0.2) is 50.5 Å². The lowest BCUT2D eigenvalue weighted by Gasteiger charge is -2.12. The zero-order chi connectivity index (χ0) is 24.6. The Morgan fingerprint density at radius 1 is 1.12 bits per heavy atom. The van der Waals surface area contributed by atoms with E-state index in [-0.39, 0.29) is 28.3 Å². The molecule has 0 saturated carbocycles. The molecule has 4 aromatic rings. The summed E-state index contributed by atoms with van der Waals surface area (Å²) in [4.78, 5) is 29.1. The fraction of sp³-hybridized carbons (Fsp3) is 0.190. The van der Waals surface area contributed by atoms with Crippen LogP contribution in [0.25, 0.3) is 16.9 Å². The highest BCUT2D eigenvalue weighted by Crippen LogP contribution is 2.33. The lowest BCUT2D eigenvalue weighted by molar-refractivity contribution is -0.142. The highest BCUT2D eigenvalue weighted by Gasteiger charge is 2.36. The van der Waals surface area contributed by atoms with Crippen molar-refractivity contribution in [1.82, 2.24) is 24.4 Å². The van der Waals surface area contributed by atoms with E-state index >= 15 is 0 Å². The zero-order valence-electron chi connectivity index (χ0n) is 18.0. The minimum absolute atomic E-state index is 0.0149. The third-order valence-electron chi connectivity index (χ3n) is 4.85. The minimum atomic E-state index is -4.77. The van der Waals surface area contributed by atoms with Crippen LogP contribution in [0.1, 0.15) is 26.5 Å². The number of carbonyl (C=O) groups is 2. The van der Waals surface area contributed by atoms with E-state index in [1.165, 1.54) is 25.0 Å². The molecule has 10 nitrogen and oxygen atoms in total. The number of halogens is 3. The third kappa shape index (κ3) is 4.14. The Bertz CT molecular complexity index is 1390. The predicted octanol–water partition coefficient (Wildman–Crippen LogP) is 3.20. The molecule has 4 rings (SSSR count). The number of fused-ring (bicyclic) bond motifs is 1. The minimum Gasteiger partial charge on any atom is -0.497 e. The van der Waals surface area contributed by atoms with Gasteiger partial charge in [0.15, 0.2) is 17.0 Å². The summed E-state index contributed by atoms with van der Waals surface area (Å²) in [5.41, 5.74) is -1.46. The molecule has 0 aliphatic rings. The summed E-state index contributed by atoms with van der Waals surface area (Å²) in [6, 6.07) is 7.10. The van der Waals surface area contributed by atoms with E-state index in [0.717, 1.165) is 19.4 Å². The standard InChI is InChI=1S/C21H17F3N6O4/c1-29-10-15(17(28-29)20(32)34-3)27-19(31)13-9-25-30-16(21(22,23)24)8-14(26-18(13)30)11-4-6-12(33-2)7-5-11/h4-10H,1-3H3,(H,27,31). The van der Waals surface area contributed by atoms with Crippen molar-refractivity contribution in [2.24, 2.45) is 7.05 Å². The number of aryl methyl sites for hydroxylation is 1. The van der Waals surface area contributed by atoms with E-state index in [1.807, 2.05) is 0 Å². The number of nitrogens with zero attached hydrogens (tertiary/aromatic N) is 5. The molecule has 13 heteroatoms. The molecule has 34 heavy (non-hydrogen) atoms. The first-order valence-electron chi connectivity index (χ1n) is 9.66. The zero-order valence-corrected chi connectivity index (χ0v) is 18.0. The van der Waals surface area contributed by atoms with E-state index in [1.54, 1.807) is 24.3 Å². The third-order valence-corrected chi connectivity index (χ3v) is 4.85. The maximum Gasteiger partial charge on any atom is 0.433 e. The number of hydrogen-bond acceptors (Lipinski definition) is 7. The Kier molecular flexibility index (Phi) is 5.69. The summed E-state index contributed by atoms with van der Waals surface area (Å²) in [6.45, 7) is 0. The number of anilines is 1. The molecule has 1 aromatic carbocycles. The summed E-state index contributed by atoms with van der Waals surface area (Å²) in [5.74, 6) is -1.11. The van der Waals surface area contributed by atoms with Crippen molar-refractivity contribution in [3.8, 4) is 17.0 Å². The summed E-state index contributed by atoms with van der Waals surface area (Å²) in [5, 5.41) is 10.1. The Hall–Kier alpha value is -4.42. The van der Waals surface area contributed by atoms with Crippen molar-refractivity contribution < 1.29 is 32.2 Å². The number of hydrogen-bond donors (Lipinski definition) is 1. The lowest BCUT2D eigenvalue weighted by atomic mass is 10.1. The second-order valence-electron chi connectivity index (χ2n) is 7.06. The molecule has 0 aliphatic heterocycles. The van der Waals surface area contributed by atoms with Gasteiger partial charge >= 0.3 is 12.1 Å². The van der Waals surface area contributed by atoms with Gasteiger partial charge in [-0.2, -0.15) is 23.4 Å². The van der Waals surface area contributed by atoms with Crippen LogP contribution < -0.4 is 10.1 Å². The fourth-order valence-corrected chi connectivity index (χ4v) is 3.25. The van der Waals surface area contributed by atoms with Crippen LogP contribution in [0, 0.1) is 0 Å². The molecule has 0 spiro atoms. The van der Waals surface area contributed by atoms with Crippen molar-refractivity contribution in [2.45, 2.75) is 6.18 Å². The maximum atomic E-state index is 13.8. The topological polar surface area (TPSA) is 113 Å². The van der Waals surface area contributed by atoms with E-state index in [4.69, 9.17) is 4.74 Å². The quantitative estimate of drug-likeness (QED) is 0.442. The van der Waals surface area contributed by atoms with Gasteiger partial charge in [0, 0.05) is 18.8 Å². The molecule has 0 bridgehead atoms. The van der Waals surface area contributed by atoms with Gasteiger partial charge in [0.05, 0.1) is 31.8 Å². The largest absolute Gasteiger partial charge is 0.497 e. The number of benzene rings is 1. The van der Waals surface area contributed by atoms with Crippen LogP contribution in [0.15, 0.2) is 42.7 Å². The predicted molar refractivity (Wildman–Crippen MR) is 112 cm³/mol. The summed E-state index contributed by atoms with van der Waals surface area (Å²) in [6.07, 6.45) is -2.45. The van der Waals surface area contributed by atoms with Crippen LogP contribution in [0.4, 0.5) is 18.9 Å². The number of amides is 1. The highest BCUT2D eigenvalue weighted by molar-refractivity contribution is 6.10. The number of nitrogens with one attached hydrogen (secondary N) is 1. The molecule has 0 aliphatic carbocycles. The summed E-state index contributed by atoms with van der Waals surface area (Å²) >= 11 is 0. The van der Waals surface area contributed by atoms with Gasteiger partial charge in [-0.15, -0.1) is 0 Å². The van der Waals surface area contributed by atoms with Gasteiger partial charge < -0.3 is 14.8 Å². The van der Waals surface area contributed by atoms with E-state index in [0.29, 0.717) is 15.8 Å². The van der Waals surface area contributed by atoms with E-state index in [2.05, 4.69) is 25.2 Å². The van der Waals surface area contributed by atoms with Crippen molar-refractivity contribution in [2.75, 3.05) is 19.5 Å². The molecular formula is C21H17F3N6O4. The molecule has 176 valence electrons. The number of aromatic nitrogens is 5. The first-order chi connectivity index (χ1) is 16.1. The van der Waals surface area contributed by atoms with E-state index < -0.39 is 23.7 Å². The van der Waals surface area contributed by atoms with E-state index in [9.17, 15) is 22.8 Å². The number of esters is 1. The molecule has 0 radical (unpaired) electrons. The summed E-state index contributed by atoms with van der Waals surface area (Å²) < 4.78 is 52.9. The molecule has 0 atom stereocenters. The molecule has 1 amide bonds. The van der Waals surface area contributed by atoms with Gasteiger partial charge in [0.1, 0.15) is 11.3 Å². The Labute approximate surface area is 189 Å². The SMILES string of the molecule is COC(=O)c1nn(C)cc1NC(=O)c1cnn2c(C(F)(F)F)cc(-c3ccc(OC)cc3)nc12. The van der Waals surface area contributed by atoms with Gasteiger partial charge in [-0.1, -0.05) is 0 Å². The maximum absolute atomic E-state index is 13.8. The number of carbonyl (C=O) groups excluding carboxylic acids is 2. The average molecular weight is 474 g/mol. The summed E-state index contributed by atoms with van der Waals surface area (Å²) in [7, 11) is 4.14. The Morgan fingerprint density at radius 3 is 2.44 bits per heavy atom. The van der Waals surface area contributed by atoms with Crippen molar-refractivity contribution in [3.63, 3.8) is 0 Å². The van der Waals surface area contributed by atoms with Crippen molar-refractivity contribution in [1.29, 1.82) is 0 Å². The fourth-order valence-electron chi connectivity index (χ4n) is 3.25. The first-order valence-corrected chi connectivity index (χ1v) is 9.66. The van der Waals surface area contributed by atoms with Gasteiger partial charge in [0.2, 0.25) is 0 Å². The van der Waals surface area contributed by atoms with Crippen LogP contribution in [0.3, 0.4) is 0 Å². The normalized spacial score (nSPS) is 11.5. The Balaban J connectivity index is 1.81. The Morgan fingerprint density at radius 2 is 1.82 bits per heavy atom. The molecular weight excluding hydrogens is 457 g/mol. The lowest BCUT2D eigenvalue weighted by Crippen LogP contribution is -2.16. The molecule has 1 N–H and O–H groups in total. The first kappa shape index (κ1) is 22.8. The molecule has 3 aromatic heterocycles. The molecule has 3 heterocycles. The van der Waals surface area contributed by atoms with Gasteiger partial charge in [0.25, 0.3) is 5.91 Å². The van der Waals surface area contributed by atoms with Crippen LogP contribution in [-0.2, 0) is 18.0 Å². The number of methoxy groups -OCH3 is 2. The van der Waals surface area contributed by atoms with Gasteiger partial charge in [-0.05, 0) is 30.3 Å². The second-order valence-corrected chi connectivity index (χ2v) is 7.06. The van der Waals surface area contributed by atoms with Gasteiger partial charge in [-0.3, -0.25) is 9.48 Å². The van der Waals surface area contributed by atoms with Crippen molar-refractivity contribution >= 4 is 23.2 Å². The highest BCUT2D eigenvalue weighted by atomic mass is 19.4.